The summed E-state index contributed by atoms with van der Waals surface area (Å²) in [6, 6.07) is 17.1. The normalized spacial score (nSPS) is 11.7. The molecule has 0 aliphatic heterocycles. The van der Waals surface area contributed by atoms with Crippen LogP contribution in [0, 0.1) is 0 Å². The van der Waals surface area contributed by atoms with Gasteiger partial charge in [0.25, 0.3) is 5.91 Å². The molecule has 0 bridgehead atoms. The average Bonchev–Trinajstić information content (AvgIpc) is 3.44. The van der Waals surface area contributed by atoms with Gasteiger partial charge >= 0.3 is 0 Å². The first-order valence-electron chi connectivity index (χ1n) is 9.61. The van der Waals surface area contributed by atoms with Crippen molar-refractivity contribution in [1.29, 1.82) is 0 Å². The van der Waals surface area contributed by atoms with Gasteiger partial charge in [-0.25, -0.2) is 4.98 Å². The Hall–Kier alpha value is -3.85. The molecule has 0 saturated heterocycles. The van der Waals surface area contributed by atoms with Crippen molar-refractivity contribution in [1.82, 2.24) is 25.3 Å². The molecule has 0 spiro atoms. The molecule has 0 radical (unpaired) electrons. The van der Waals surface area contributed by atoms with E-state index < -0.39 is 0 Å². The lowest BCUT2D eigenvalue weighted by atomic mass is 10.1. The second-order valence-corrected chi connectivity index (χ2v) is 7.75. The van der Waals surface area contributed by atoms with Gasteiger partial charge in [0.1, 0.15) is 0 Å². The first-order chi connectivity index (χ1) is 15.0. The minimum atomic E-state index is -0.373. The van der Waals surface area contributed by atoms with Crippen LogP contribution in [0.2, 0.25) is 0 Å². The van der Waals surface area contributed by atoms with E-state index in [1.807, 2.05) is 66.9 Å². The van der Waals surface area contributed by atoms with Crippen LogP contribution in [-0.2, 0) is 4.79 Å². The number of carbonyl (C=O) groups excluding carboxylic acids is 2. The SMILES string of the molecule is CC(=O)NC(C)c1ccc(-c2csc(NC(=O)c3cnn(-c4ccccc4)n3)n2)cc1. The van der Waals surface area contributed by atoms with Gasteiger partial charge in [0.15, 0.2) is 10.8 Å². The molecule has 31 heavy (non-hydrogen) atoms. The van der Waals surface area contributed by atoms with E-state index >= 15 is 0 Å². The highest BCUT2D eigenvalue weighted by Gasteiger charge is 2.14. The largest absolute Gasteiger partial charge is 0.350 e. The van der Waals surface area contributed by atoms with Crippen molar-refractivity contribution in [2.75, 3.05) is 5.32 Å². The van der Waals surface area contributed by atoms with Gasteiger partial charge in [-0.15, -0.1) is 16.4 Å². The fourth-order valence-corrected chi connectivity index (χ4v) is 3.72. The zero-order chi connectivity index (χ0) is 21.8. The lowest BCUT2D eigenvalue weighted by Gasteiger charge is -2.12. The summed E-state index contributed by atoms with van der Waals surface area (Å²) in [5.74, 6) is -0.442. The molecule has 2 N–H and O–H groups in total. The summed E-state index contributed by atoms with van der Waals surface area (Å²) in [6.45, 7) is 3.43. The number of aromatic nitrogens is 4. The Morgan fingerprint density at radius 3 is 2.52 bits per heavy atom. The molecule has 9 heteroatoms. The topological polar surface area (TPSA) is 102 Å². The smallest absolute Gasteiger partial charge is 0.279 e. The van der Waals surface area contributed by atoms with Crippen LogP contribution < -0.4 is 10.6 Å². The summed E-state index contributed by atoms with van der Waals surface area (Å²) in [4.78, 5) is 29.6. The molecule has 1 atom stereocenters. The molecule has 4 rings (SSSR count). The van der Waals surface area contributed by atoms with Gasteiger partial charge < -0.3 is 5.32 Å². The molecule has 0 aliphatic carbocycles. The Kier molecular flexibility index (Phi) is 5.85. The molecule has 2 aromatic carbocycles. The zero-order valence-electron chi connectivity index (χ0n) is 16.9. The van der Waals surface area contributed by atoms with E-state index in [4.69, 9.17) is 0 Å². The van der Waals surface area contributed by atoms with Crippen LogP contribution >= 0.6 is 11.3 Å². The first kappa shape index (κ1) is 20.4. The summed E-state index contributed by atoms with van der Waals surface area (Å²) in [5, 5.41) is 16.4. The van der Waals surface area contributed by atoms with Crippen molar-refractivity contribution >= 4 is 28.3 Å². The van der Waals surface area contributed by atoms with Gasteiger partial charge in [-0.2, -0.15) is 9.90 Å². The fraction of sp³-hybridized carbons (Fsp3) is 0.136. The highest BCUT2D eigenvalue weighted by Crippen LogP contribution is 2.26. The van der Waals surface area contributed by atoms with Gasteiger partial charge in [-0.3, -0.25) is 14.9 Å². The summed E-state index contributed by atoms with van der Waals surface area (Å²) in [6.07, 6.45) is 1.42. The summed E-state index contributed by atoms with van der Waals surface area (Å²) in [5.41, 5.74) is 3.66. The third-order valence-corrected chi connectivity index (χ3v) is 5.32. The maximum Gasteiger partial charge on any atom is 0.279 e. The summed E-state index contributed by atoms with van der Waals surface area (Å²) < 4.78 is 0. The third-order valence-electron chi connectivity index (χ3n) is 4.56. The Morgan fingerprint density at radius 1 is 1.06 bits per heavy atom. The number of amides is 2. The van der Waals surface area contributed by atoms with E-state index in [1.54, 1.807) is 0 Å². The van der Waals surface area contributed by atoms with Crippen LogP contribution in [0.1, 0.15) is 35.9 Å². The highest BCUT2D eigenvalue weighted by molar-refractivity contribution is 7.14. The van der Waals surface area contributed by atoms with E-state index in [0.29, 0.717) is 5.13 Å². The number of thiazole rings is 1. The molecule has 1 unspecified atom stereocenters. The van der Waals surface area contributed by atoms with Gasteiger partial charge in [-0.05, 0) is 24.6 Å². The van der Waals surface area contributed by atoms with E-state index in [-0.39, 0.29) is 23.6 Å². The summed E-state index contributed by atoms with van der Waals surface area (Å²) in [7, 11) is 0. The van der Waals surface area contributed by atoms with Crippen molar-refractivity contribution in [2.45, 2.75) is 19.9 Å². The molecular formula is C22H20N6O2S. The predicted molar refractivity (Wildman–Crippen MR) is 119 cm³/mol. The number of carbonyl (C=O) groups is 2. The lowest BCUT2D eigenvalue weighted by molar-refractivity contribution is -0.119. The molecule has 2 heterocycles. The van der Waals surface area contributed by atoms with Gasteiger partial charge in [-0.1, -0.05) is 42.5 Å². The predicted octanol–water partition coefficient (Wildman–Crippen LogP) is 3.84. The number of anilines is 1. The maximum absolute atomic E-state index is 12.5. The Balaban J connectivity index is 1.43. The monoisotopic (exact) mass is 432 g/mol. The number of hydrogen-bond donors (Lipinski definition) is 2. The second-order valence-electron chi connectivity index (χ2n) is 6.89. The molecule has 0 saturated carbocycles. The summed E-state index contributed by atoms with van der Waals surface area (Å²) >= 11 is 1.33. The van der Waals surface area contributed by atoms with Crippen LogP contribution in [-0.4, -0.2) is 31.8 Å². The van der Waals surface area contributed by atoms with Gasteiger partial charge in [0, 0.05) is 17.9 Å². The number of para-hydroxylation sites is 1. The molecule has 8 nitrogen and oxygen atoms in total. The standard InChI is InChI=1S/C22H20N6O2S/c1-14(24-15(2)29)16-8-10-17(11-9-16)20-13-31-22(25-20)26-21(30)19-12-23-28(27-19)18-6-4-3-5-7-18/h3-14H,1-2H3,(H,24,29)(H,25,26,30). The molecule has 156 valence electrons. The van der Waals surface area contributed by atoms with Crippen molar-refractivity contribution < 1.29 is 9.59 Å². The number of nitrogens with zero attached hydrogens (tertiary/aromatic N) is 4. The maximum atomic E-state index is 12.5. The quantitative estimate of drug-likeness (QED) is 0.482. The first-order valence-corrected chi connectivity index (χ1v) is 10.5. The van der Waals surface area contributed by atoms with E-state index in [9.17, 15) is 9.59 Å². The molecular weight excluding hydrogens is 412 g/mol. The Bertz CT molecular complexity index is 1200. The van der Waals surface area contributed by atoms with E-state index in [2.05, 4.69) is 25.8 Å². The van der Waals surface area contributed by atoms with E-state index in [1.165, 1.54) is 29.3 Å². The highest BCUT2D eigenvalue weighted by atomic mass is 32.1. The van der Waals surface area contributed by atoms with Crippen molar-refractivity contribution in [3.8, 4) is 16.9 Å². The van der Waals surface area contributed by atoms with Crippen LogP contribution in [0.4, 0.5) is 5.13 Å². The van der Waals surface area contributed by atoms with Crippen LogP contribution in [0.3, 0.4) is 0 Å². The number of benzene rings is 2. The lowest BCUT2D eigenvalue weighted by Crippen LogP contribution is -2.23. The molecule has 4 aromatic rings. The van der Waals surface area contributed by atoms with Crippen LogP contribution in [0.25, 0.3) is 16.9 Å². The second kappa shape index (κ2) is 8.88. The van der Waals surface area contributed by atoms with Crippen molar-refractivity contribution in [3.05, 3.63) is 77.4 Å². The molecule has 0 fully saturated rings. The number of hydrogen-bond acceptors (Lipinski definition) is 6. The van der Waals surface area contributed by atoms with Gasteiger partial charge in [0.2, 0.25) is 5.91 Å². The van der Waals surface area contributed by atoms with Gasteiger partial charge in [0.05, 0.1) is 23.6 Å². The number of nitrogens with one attached hydrogen (secondary N) is 2. The van der Waals surface area contributed by atoms with E-state index in [0.717, 1.165) is 22.5 Å². The Labute approximate surface area is 183 Å². The van der Waals surface area contributed by atoms with Crippen LogP contribution in [0.15, 0.2) is 66.2 Å². The molecule has 2 aromatic heterocycles. The number of rotatable bonds is 6. The van der Waals surface area contributed by atoms with Crippen molar-refractivity contribution in [2.24, 2.45) is 0 Å². The zero-order valence-corrected chi connectivity index (χ0v) is 17.8. The minimum absolute atomic E-state index is 0.0684. The third kappa shape index (κ3) is 4.84. The van der Waals surface area contributed by atoms with Crippen molar-refractivity contribution in [3.63, 3.8) is 0 Å². The minimum Gasteiger partial charge on any atom is -0.350 e. The molecule has 2 amide bonds. The fourth-order valence-electron chi connectivity index (χ4n) is 3.01. The average molecular weight is 433 g/mol. The van der Waals surface area contributed by atoms with Crippen LogP contribution in [0.5, 0.6) is 0 Å². The molecule has 0 aliphatic rings. The Morgan fingerprint density at radius 2 is 1.81 bits per heavy atom.